The lowest BCUT2D eigenvalue weighted by atomic mass is 10.2. The molecule has 3 rings (SSSR count). The van der Waals surface area contributed by atoms with Crippen molar-refractivity contribution >= 4 is 23.2 Å². The van der Waals surface area contributed by atoms with Crippen LogP contribution in [0.5, 0.6) is 0 Å². The van der Waals surface area contributed by atoms with E-state index >= 15 is 0 Å². The van der Waals surface area contributed by atoms with E-state index in [1.807, 2.05) is 19.2 Å². The minimum Gasteiger partial charge on any atom is -0.323 e. The van der Waals surface area contributed by atoms with E-state index in [4.69, 9.17) is 11.6 Å². The zero-order valence-electron chi connectivity index (χ0n) is 13.6. The largest absolute Gasteiger partial charge is 0.323 e. The lowest BCUT2D eigenvalue weighted by Crippen LogP contribution is -2.14. The summed E-state index contributed by atoms with van der Waals surface area (Å²) in [7, 11) is 0. The Labute approximate surface area is 149 Å². The molecular weight excluding hydrogens is 345 g/mol. The Hall–Kier alpha value is -2.67. The third-order valence-corrected chi connectivity index (χ3v) is 3.96. The van der Waals surface area contributed by atoms with Crippen molar-refractivity contribution in [3.8, 4) is 0 Å². The Kier molecular flexibility index (Phi) is 5.14. The van der Waals surface area contributed by atoms with Crippen LogP contribution in [-0.2, 0) is 17.9 Å². The first-order chi connectivity index (χ1) is 12.0. The number of aryl methyl sites for hydroxylation is 2. The molecule has 0 saturated carbocycles. The van der Waals surface area contributed by atoms with Gasteiger partial charge >= 0.3 is 0 Å². The van der Waals surface area contributed by atoms with Gasteiger partial charge in [-0.2, -0.15) is 10.2 Å². The molecule has 0 atom stereocenters. The second kappa shape index (κ2) is 7.48. The van der Waals surface area contributed by atoms with Crippen LogP contribution in [0.3, 0.4) is 0 Å². The van der Waals surface area contributed by atoms with E-state index in [2.05, 4.69) is 15.5 Å². The summed E-state index contributed by atoms with van der Waals surface area (Å²) in [5.41, 5.74) is 2.26. The van der Waals surface area contributed by atoms with Crippen LogP contribution in [0.4, 0.5) is 10.1 Å². The van der Waals surface area contributed by atoms with Crippen LogP contribution < -0.4 is 5.32 Å². The fourth-order valence-corrected chi connectivity index (χ4v) is 2.59. The number of aromatic nitrogens is 4. The predicted octanol–water partition coefficient (Wildman–Crippen LogP) is 3.26. The third-order valence-electron chi connectivity index (χ3n) is 3.61. The number of nitrogens with one attached hydrogen (secondary N) is 1. The summed E-state index contributed by atoms with van der Waals surface area (Å²) in [5, 5.41) is 11.6. The van der Waals surface area contributed by atoms with E-state index in [-0.39, 0.29) is 11.7 Å². The molecule has 0 aliphatic heterocycles. The Morgan fingerprint density at radius 1 is 1.32 bits per heavy atom. The van der Waals surface area contributed by atoms with Crippen LogP contribution in [0.25, 0.3) is 0 Å². The molecule has 1 N–H and O–H groups in total. The molecule has 0 aliphatic carbocycles. The summed E-state index contributed by atoms with van der Waals surface area (Å²) in [6, 6.07) is 6.12. The van der Waals surface area contributed by atoms with E-state index in [1.165, 1.54) is 12.1 Å². The van der Waals surface area contributed by atoms with Crippen molar-refractivity contribution in [3.05, 3.63) is 65.0 Å². The Bertz CT molecular complexity index is 889. The predicted molar refractivity (Wildman–Crippen MR) is 92.9 cm³/mol. The number of nitrogens with zero attached hydrogens (tertiary/aromatic N) is 4. The number of halogens is 2. The lowest BCUT2D eigenvalue weighted by molar-refractivity contribution is -0.116. The first-order valence-corrected chi connectivity index (χ1v) is 8.14. The van der Waals surface area contributed by atoms with Gasteiger partial charge in [0.05, 0.1) is 24.1 Å². The number of hydrogen-bond acceptors (Lipinski definition) is 3. The maximum Gasteiger partial charge on any atom is 0.226 e. The molecule has 0 radical (unpaired) electrons. The third kappa shape index (κ3) is 4.67. The molecule has 0 aliphatic rings. The highest BCUT2D eigenvalue weighted by molar-refractivity contribution is 6.31. The average Bonchev–Trinajstić information content (AvgIpc) is 3.17. The molecule has 0 fully saturated rings. The van der Waals surface area contributed by atoms with Gasteiger partial charge in [-0.1, -0.05) is 17.7 Å². The van der Waals surface area contributed by atoms with Gasteiger partial charge in [-0.25, -0.2) is 4.39 Å². The molecule has 8 heteroatoms. The minimum absolute atomic E-state index is 0.118. The molecule has 1 amide bonds. The molecule has 1 aromatic carbocycles. The van der Waals surface area contributed by atoms with Crippen LogP contribution in [0, 0.1) is 12.7 Å². The molecule has 2 heterocycles. The zero-order valence-corrected chi connectivity index (χ0v) is 14.4. The van der Waals surface area contributed by atoms with Crippen LogP contribution in [0.2, 0.25) is 5.02 Å². The number of carbonyl (C=O) groups is 1. The lowest BCUT2D eigenvalue weighted by Gasteiger charge is -2.05. The molecule has 2 aromatic heterocycles. The van der Waals surface area contributed by atoms with E-state index in [0.717, 1.165) is 11.3 Å². The number of carbonyl (C=O) groups excluding carboxylic acids is 1. The SMILES string of the molecule is Cc1ccn(CCC(=O)Nc2cnn(Cc3ccc(F)cc3Cl)c2)n1. The number of amides is 1. The standard InChI is InChI=1S/C17H17ClFN5O/c1-12-4-6-23(22-12)7-5-17(25)21-15-9-20-24(11-15)10-13-2-3-14(19)8-16(13)18/h2-4,6,8-9,11H,5,7,10H2,1H3,(H,21,25). The van der Waals surface area contributed by atoms with Crippen LogP contribution in [0.1, 0.15) is 17.7 Å². The maximum atomic E-state index is 13.1. The normalized spacial score (nSPS) is 10.8. The summed E-state index contributed by atoms with van der Waals surface area (Å²) >= 11 is 6.01. The van der Waals surface area contributed by atoms with Gasteiger partial charge in [0.1, 0.15) is 5.82 Å². The van der Waals surface area contributed by atoms with Gasteiger partial charge in [0.15, 0.2) is 0 Å². The van der Waals surface area contributed by atoms with E-state index in [1.54, 1.807) is 27.8 Å². The summed E-state index contributed by atoms with van der Waals surface area (Å²) < 4.78 is 16.4. The zero-order chi connectivity index (χ0) is 17.8. The molecule has 0 spiro atoms. The van der Waals surface area contributed by atoms with Crippen LogP contribution >= 0.6 is 11.6 Å². The Morgan fingerprint density at radius 2 is 2.16 bits per heavy atom. The van der Waals surface area contributed by atoms with Crippen molar-refractivity contribution in [1.29, 1.82) is 0 Å². The van der Waals surface area contributed by atoms with E-state index in [9.17, 15) is 9.18 Å². The highest BCUT2D eigenvalue weighted by Crippen LogP contribution is 2.18. The quantitative estimate of drug-likeness (QED) is 0.733. The second-order valence-corrected chi connectivity index (χ2v) is 6.09. The number of benzene rings is 1. The minimum atomic E-state index is -0.380. The van der Waals surface area contributed by atoms with Crippen LogP contribution in [0.15, 0.2) is 42.9 Å². The first-order valence-electron chi connectivity index (χ1n) is 7.76. The smallest absolute Gasteiger partial charge is 0.226 e. The van der Waals surface area contributed by atoms with Crippen molar-refractivity contribution in [2.24, 2.45) is 0 Å². The van der Waals surface area contributed by atoms with Crippen molar-refractivity contribution in [1.82, 2.24) is 19.6 Å². The fourth-order valence-electron chi connectivity index (χ4n) is 2.37. The maximum absolute atomic E-state index is 13.1. The van der Waals surface area contributed by atoms with Crippen molar-refractivity contribution in [3.63, 3.8) is 0 Å². The average molecular weight is 362 g/mol. The number of rotatable bonds is 6. The molecule has 130 valence electrons. The molecule has 25 heavy (non-hydrogen) atoms. The van der Waals surface area contributed by atoms with E-state index in [0.29, 0.717) is 30.2 Å². The summed E-state index contributed by atoms with van der Waals surface area (Å²) in [6.45, 7) is 2.80. The second-order valence-electron chi connectivity index (χ2n) is 5.68. The monoisotopic (exact) mass is 361 g/mol. The van der Waals surface area contributed by atoms with Gasteiger partial charge in [0.25, 0.3) is 0 Å². The van der Waals surface area contributed by atoms with Crippen molar-refractivity contribution < 1.29 is 9.18 Å². The van der Waals surface area contributed by atoms with Crippen molar-refractivity contribution in [2.45, 2.75) is 26.4 Å². The van der Waals surface area contributed by atoms with Gasteiger partial charge < -0.3 is 5.32 Å². The molecular formula is C17H17ClFN5O. The van der Waals surface area contributed by atoms with E-state index < -0.39 is 0 Å². The van der Waals surface area contributed by atoms with Gasteiger partial charge in [0.2, 0.25) is 5.91 Å². The van der Waals surface area contributed by atoms with Crippen LogP contribution in [-0.4, -0.2) is 25.5 Å². The molecule has 0 bridgehead atoms. The highest BCUT2D eigenvalue weighted by atomic mass is 35.5. The summed E-state index contributed by atoms with van der Waals surface area (Å²) in [6.07, 6.45) is 5.42. The molecule has 6 nitrogen and oxygen atoms in total. The Morgan fingerprint density at radius 3 is 2.88 bits per heavy atom. The van der Waals surface area contributed by atoms with Gasteiger partial charge in [-0.3, -0.25) is 14.2 Å². The molecule has 0 unspecified atom stereocenters. The van der Waals surface area contributed by atoms with Crippen molar-refractivity contribution in [2.75, 3.05) is 5.32 Å². The number of anilines is 1. The fraction of sp³-hybridized carbons (Fsp3) is 0.235. The topological polar surface area (TPSA) is 64.7 Å². The summed E-state index contributed by atoms with van der Waals surface area (Å²) in [4.78, 5) is 12.0. The van der Waals surface area contributed by atoms with Gasteiger partial charge in [-0.05, 0) is 30.7 Å². The number of hydrogen-bond donors (Lipinski definition) is 1. The Balaban J connectivity index is 1.55. The highest BCUT2D eigenvalue weighted by Gasteiger charge is 2.08. The molecule has 0 saturated heterocycles. The van der Waals surface area contributed by atoms with Gasteiger partial charge in [-0.15, -0.1) is 0 Å². The molecule has 3 aromatic rings. The van der Waals surface area contributed by atoms with Gasteiger partial charge in [0, 0.05) is 30.4 Å². The first kappa shape index (κ1) is 17.2. The summed E-state index contributed by atoms with van der Waals surface area (Å²) in [5.74, 6) is -0.498.